The summed E-state index contributed by atoms with van der Waals surface area (Å²) in [6.45, 7) is 1.78. The molecule has 28 heavy (non-hydrogen) atoms. The molecular formula is C19H23N3O5S. The van der Waals surface area contributed by atoms with Crippen molar-refractivity contribution < 1.29 is 22.7 Å². The monoisotopic (exact) mass is 405 g/mol. The highest BCUT2D eigenvalue weighted by Crippen LogP contribution is 2.23. The van der Waals surface area contributed by atoms with E-state index in [1.807, 2.05) is 0 Å². The number of sulfonamides is 1. The molecular weight excluding hydrogens is 382 g/mol. The Bertz CT molecular complexity index is 909. The fourth-order valence-corrected chi connectivity index (χ4v) is 4.39. The molecule has 0 spiro atoms. The van der Waals surface area contributed by atoms with Gasteiger partial charge in [-0.1, -0.05) is 0 Å². The van der Waals surface area contributed by atoms with E-state index < -0.39 is 10.0 Å². The minimum atomic E-state index is -3.50. The van der Waals surface area contributed by atoms with Gasteiger partial charge in [-0.05, 0) is 49.2 Å². The summed E-state index contributed by atoms with van der Waals surface area (Å²) in [5.41, 5.74) is 0.768. The number of carbonyl (C=O) groups is 1. The topological polar surface area (TPSA) is 97.8 Å². The third-order valence-corrected chi connectivity index (χ3v) is 6.28. The number of hydrogen-bond donors (Lipinski definition) is 1. The second-order valence-corrected chi connectivity index (χ2v) is 8.23. The number of amides is 1. The predicted molar refractivity (Wildman–Crippen MR) is 104 cm³/mol. The van der Waals surface area contributed by atoms with E-state index in [-0.39, 0.29) is 10.8 Å². The molecule has 0 radical (unpaired) electrons. The molecule has 2 heterocycles. The lowest BCUT2D eigenvalue weighted by Crippen LogP contribution is -2.27. The summed E-state index contributed by atoms with van der Waals surface area (Å²) in [7, 11) is -1.93. The largest absolute Gasteiger partial charge is 0.474 e. The summed E-state index contributed by atoms with van der Waals surface area (Å²) in [6, 6.07) is 9.29. The zero-order valence-corrected chi connectivity index (χ0v) is 16.4. The lowest BCUT2D eigenvalue weighted by molar-refractivity contribution is 0.102. The number of pyridine rings is 1. The zero-order valence-electron chi connectivity index (χ0n) is 15.6. The van der Waals surface area contributed by atoms with Gasteiger partial charge in [0, 0.05) is 32.0 Å². The van der Waals surface area contributed by atoms with Crippen molar-refractivity contribution in [2.45, 2.75) is 17.7 Å². The molecule has 150 valence electrons. The van der Waals surface area contributed by atoms with Crippen molar-refractivity contribution >= 4 is 21.6 Å². The molecule has 0 saturated carbocycles. The average molecular weight is 405 g/mol. The summed E-state index contributed by atoms with van der Waals surface area (Å²) in [4.78, 5) is 16.8. The van der Waals surface area contributed by atoms with E-state index in [4.69, 9.17) is 9.47 Å². The molecule has 0 aliphatic carbocycles. The third-order valence-electron chi connectivity index (χ3n) is 4.36. The van der Waals surface area contributed by atoms with Crippen molar-refractivity contribution in [3.8, 4) is 5.88 Å². The summed E-state index contributed by atoms with van der Waals surface area (Å²) in [5, 5.41) is 2.74. The molecule has 0 bridgehead atoms. The number of carbonyl (C=O) groups excluding carboxylic acids is 1. The van der Waals surface area contributed by atoms with Crippen molar-refractivity contribution in [1.29, 1.82) is 0 Å². The zero-order chi connectivity index (χ0) is 20.0. The van der Waals surface area contributed by atoms with Gasteiger partial charge in [-0.15, -0.1) is 0 Å². The number of nitrogens with one attached hydrogen (secondary N) is 1. The van der Waals surface area contributed by atoms with E-state index in [1.54, 1.807) is 25.4 Å². The quantitative estimate of drug-likeness (QED) is 0.676. The van der Waals surface area contributed by atoms with Gasteiger partial charge in [-0.2, -0.15) is 4.31 Å². The van der Waals surface area contributed by atoms with Gasteiger partial charge in [0.1, 0.15) is 12.3 Å². The van der Waals surface area contributed by atoms with Gasteiger partial charge >= 0.3 is 0 Å². The number of nitrogens with zero attached hydrogens (tertiary/aromatic N) is 2. The SMILES string of the molecule is COCCOc1ncccc1NC(=O)c1ccc(S(=O)(=O)N2CCCC2)cc1. The van der Waals surface area contributed by atoms with Crippen LogP contribution >= 0.6 is 0 Å². The summed E-state index contributed by atoms with van der Waals surface area (Å²) in [5.74, 6) is -0.0872. The Hall–Kier alpha value is -2.49. The van der Waals surface area contributed by atoms with Gasteiger partial charge in [0.25, 0.3) is 5.91 Å². The maximum Gasteiger partial charge on any atom is 0.255 e. The first-order chi connectivity index (χ1) is 13.5. The maximum absolute atomic E-state index is 12.6. The number of methoxy groups -OCH3 is 1. The number of rotatable bonds is 8. The van der Waals surface area contributed by atoms with E-state index in [0.29, 0.717) is 43.4 Å². The van der Waals surface area contributed by atoms with Gasteiger partial charge in [-0.25, -0.2) is 13.4 Å². The molecule has 1 saturated heterocycles. The van der Waals surface area contributed by atoms with Crippen molar-refractivity contribution in [3.05, 3.63) is 48.2 Å². The Morgan fingerprint density at radius 1 is 1.14 bits per heavy atom. The van der Waals surface area contributed by atoms with E-state index in [9.17, 15) is 13.2 Å². The average Bonchev–Trinajstić information content (AvgIpc) is 3.25. The van der Waals surface area contributed by atoms with Gasteiger partial charge in [0.15, 0.2) is 0 Å². The van der Waals surface area contributed by atoms with Crippen LogP contribution in [0.2, 0.25) is 0 Å². The fraction of sp³-hybridized carbons (Fsp3) is 0.368. The Balaban J connectivity index is 1.70. The summed E-state index contributed by atoms with van der Waals surface area (Å²) < 4.78 is 37.0. The van der Waals surface area contributed by atoms with Crippen LogP contribution in [-0.2, 0) is 14.8 Å². The van der Waals surface area contributed by atoms with Crippen molar-refractivity contribution in [2.75, 3.05) is 38.7 Å². The highest BCUT2D eigenvalue weighted by molar-refractivity contribution is 7.89. The molecule has 3 rings (SSSR count). The molecule has 2 aromatic rings. The van der Waals surface area contributed by atoms with Crippen LogP contribution in [0, 0.1) is 0 Å². The Morgan fingerprint density at radius 3 is 2.54 bits per heavy atom. The maximum atomic E-state index is 12.6. The number of hydrogen-bond acceptors (Lipinski definition) is 6. The van der Waals surface area contributed by atoms with Crippen LogP contribution in [-0.4, -0.2) is 57.0 Å². The number of aromatic nitrogens is 1. The highest BCUT2D eigenvalue weighted by atomic mass is 32.2. The first kappa shape index (κ1) is 20.2. The lowest BCUT2D eigenvalue weighted by Gasteiger charge is -2.15. The number of anilines is 1. The van der Waals surface area contributed by atoms with Gasteiger partial charge in [-0.3, -0.25) is 4.79 Å². The van der Waals surface area contributed by atoms with E-state index >= 15 is 0 Å². The van der Waals surface area contributed by atoms with Crippen LogP contribution in [0.5, 0.6) is 5.88 Å². The molecule has 1 aliphatic heterocycles. The van der Waals surface area contributed by atoms with Gasteiger partial charge in [0.05, 0.1) is 11.5 Å². The first-order valence-corrected chi connectivity index (χ1v) is 10.4. The molecule has 1 fully saturated rings. The van der Waals surface area contributed by atoms with Crippen molar-refractivity contribution in [3.63, 3.8) is 0 Å². The molecule has 8 nitrogen and oxygen atoms in total. The van der Waals surface area contributed by atoms with Gasteiger partial charge < -0.3 is 14.8 Å². The molecule has 0 atom stereocenters. The Morgan fingerprint density at radius 2 is 1.86 bits per heavy atom. The van der Waals surface area contributed by atoms with Crippen LogP contribution in [0.1, 0.15) is 23.2 Å². The molecule has 1 aromatic heterocycles. The second kappa shape index (κ2) is 9.13. The molecule has 1 aliphatic rings. The minimum absolute atomic E-state index is 0.191. The third kappa shape index (κ3) is 4.67. The molecule has 0 unspecified atom stereocenters. The fourth-order valence-electron chi connectivity index (χ4n) is 2.87. The van der Waals surface area contributed by atoms with Crippen LogP contribution in [0.15, 0.2) is 47.5 Å². The van der Waals surface area contributed by atoms with Crippen LogP contribution < -0.4 is 10.1 Å². The molecule has 1 aromatic carbocycles. The first-order valence-electron chi connectivity index (χ1n) is 9.00. The van der Waals surface area contributed by atoms with E-state index in [2.05, 4.69) is 10.3 Å². The second-order valence-electron chi connectivity index (χ2n) is 6.29. The van der Waals surface area contributed by atoms with Crippen LogP contribution in [0.3, 0.4) is 0 Å². The van der Waals surface area contributed by atoms with Crippen LogP contribution in [0.25, 0.3) is 0 Å². The van der Waals surface area contributed by atoms with Crippen molar-refractivity contribution in [1.82, 2.24) is 9.29 Å². The van der Waals surface area contributed by atoms with Gasteiger partial charge in [0.2, 0.25) is 15.9 Å². The summed E-state index contributed by atoms with van der Waals surface area (Å²) in [6.07, 6.45) is 3.31. The molecule has 1 N–H and O–H groups in total. The van der Waals surface area contributed by atoms with E-state index in [0.717, 1.165) is 12.8 Å². The molecule has 9 heteroatoms. The van der Waals surface area contributed by atoms with Crippen LogP contribution in [0.4, 0.5) is 5.69 Å². The smallest absolute Gasteiger partial charge is 0.255 e. The molecule has 1 amide bonds. The predicted octanol–water partition coefficient (Wildman–Crippen LogP) is 2.14. The highest BCUT2D eigenvalue weighted by Gasteiger charge is 2.27. The lowest BCUT2D eigenvalue weighted by atomic mass is 10.2. The standard InChI is InChI=1S/C19H23N3O5S/c1-26-13-14-27-19-17(5-4-10-20-19)21-18(23)15-6-8-16(9-7-15)28(24,25)22-11-2-3-12-22/h4-10H,2-3,11-14H2,1H3,(H,21,23). The number of benzene rings is 1. The van der Waals surface area contributed by atoms with E-state index in [1.165, 1.54) is 28.6 Å². The van der Waals surface area contributed by atoms with Crippen molar-refractivity contribution in [2.24, 2.45) is 0 Å². The number of ether oxygens (including phenoxy) is 2. The Kier molecular flexibility index (Phi) is 6.61. The minimum Gasteiger partial charge on any atom is -0.474 e. The summed E-state index contributed by atoms with van der Waals surface area (Å²) >= 11 is 0. The normalized spacial score (nSPS) is 14.8. The Labute approximate surface area is 164 Å².